The molecule has 2 atom stereocenters. The number of rotatable bonds is 5. The normalized spacial score (nSPS) is 15.8. The van der Waals surface area contributed by atoms with Crippen LogP contribution in [0.25, 0.3) is 21.9 Å². The molecule has 0 aliphatic carbocycles. The molecule has 4 rings (SSSR count). The first-order valence-electron chi connectivity index (χ1n) is 9.50. The lowest BCUT2D eigenvalue weighted by Gasteiger charge is -2.17. The van der Waals surface area contributed by atoms with Gasteiger partial charge in [-0.15, -0.1) is 0 Å². The minimum Gasteiger partial charge on any atom is -0.481 e. The average Bonchev–Trinajstić information content (AvgIpc) is 2.80. The smallest absolute Gasteiger partial charge is 0.267 e. The molecule has 0 radical (unpaired) electrons. The molecule has 31 heavy (non-hydrogen) atoms. The summed E-state index contributed by atoms with van der Waals surface area (Å²) >= 11 is 0. The van der Waals surface area contributed by atoms with Crippen molar-refractivity contribution >= 4 is 22.9 Å². The van der Waals surface area contributed by atoms with E-state index >= 15 is 0 Å². The molecule has 0 fully saturated rings. The zero-order chi connectivity index (χ0) is 21.8. The molecule has 2 heterocycles. The van der Waals surface area contributed by atoms with E-state index in [9.17, 15) is 19.2 Å². The fourth-order valence-corrected chi connectivity index (χ4v) is 3.40. The van der Waals surface area contributed by atoms with Crippen molar-refractivity contribution in [3.8, 4) is 17.2 Å². The molecule has 2 aromatic carbocycles. The predicted molar refractivity (Wildman–Crippen MR) is 114 cm³/mol. The summed E-state index contributed by atoms with van der Waals surface area (Å²) in [6.07, 6.45) is 4.61. The number of carbonyl (C=O) groups is 1. The maximum Gasteiger partial charge on any atom is 0.267 e. The van der Waals surface area contributed by atoms with E-state index in [2.05, 4.69) is 15.3 Å². The van der Waals surface area contributed by atoms with Crippen LogP contribution < -0.4 is 10.9 Å². The lowest BCUT2D eigenvalue weighted by atomic mass is 9.96. The number of fused-ring (bicyclic) bond motifs is 1. The first kappa shape index (κ1) is 20.0. The molecule has 1 aromatic heterocycles. The number of H-pyrrole nitrogens is 1. The van der Waals surface area contributed by atoms with Crippen molar-refractivity contribution in [1.82, 2.24) is 10.3 Å². The topological polar surface area (TPSA) is 107 Å². The summed E-state index contributed by atoms with van der Waals surface area (Å²) in [6, 6.07) is 12.7. The maximum atomic E-state index is 14.9. The summed E-state index contributed by atoms with van der Waals surface area (Å²) in [4.78, 5) is 30.7. The third kappa shape index (κ3) is 4.21. The second-order valence-corrected chi connectivity index (χ2v) is 6.91. The van der Waals surface area contributed by atoms with Gasteiger partial charge in [0.15, 0.2) is 0 Å². The summed E-state index contributed by atoms with van der Waals surface area (Å²) in [7, 11) is 0. The van der Waals surface area contributed by atoms with Crippen LogP contribution in [0.2, 0.25) is 0 Å². The highest BCUT2D eigenvalue weighted by atomic mass is 19.1. The van der Waals surface area contributed by atoms with E-state index in [1.165, 1.54) is 24.7 Å². The summed E-state index contributed by atoms with van der Waals surface area (Å²) in [5.74, 6) is -1.04. The zero-order valence-electron chi connectivity index (χ0n) is 16.2. The monoisotopic (exact) mass is 416 g/mol. The van der Waals surface area contributed by atoms with Gasteiger partial charge in [-0.2, -0.15) is 5.26 Å². The molecule has 0 bridgehead atoms. The number of nitrogens with zero attached hydrogens (tertiary/aromatic N) is 2. The Morgan fingerprint density at radius 2 is 2.16 bits per heavy atom. The minimum atomic E-state index is -0.938. The van der Waals surface area contributed by atoms with E-state index in [0.29, 0.717) is 16.3 Å². The van der Waals surface area contributed by atoms with Crippen molar-refractivity contribution < 1.29 is 13.9 Å². The molecule has 1 aliphatic rings. The average molecular weight is 416 g/mol. The third-order valence-corrected chi connectivity index (χ3v) is 4.93. The molecule has 7 nitrogen and oxygen atoms in total. The molecule has 1 unspecified atom stereocenters. The summed E-state index contributed by atoms with van der Waals surface area (Å²) in [5, 5.41) is 13.2. The van der Waals surface area contributed by atoms with Crippen LogP contribution in [0.4, 0.5) is 4.39 Å². The molecule has 1 aliphatic heterocycles. The van der Waals surface area contributed by atoms with Gasteiger partial charge < -0.3 is 15.0 Å². The highest BCUT2D eigenvalue weighted by molar-refractivity contribution is 5.97. The quantitative estimate of drug-likeness (QED) is 0.667. The first-order chi connectivity index (χ1) is 15.1. The Kier molecular flexibility index (Phi) is 5.58. The van der Waals surface area contributed by atoms with Crippen molar-refractivity contribution in [2.24, 2.45) is 4.99 Å². The predicted octanol–water partition coefficient (Wildman–Crippen LogP) is 2.83. The molecule has 3 aromatic rings. The van der Waals surface area contributed by atoms with Crippen molar-refractivity contribution in [2.45, 2.75) is 18.6 Å². The van der Waals surface area contributed by atoms with Crippen LogP contribution in [0, 0.1) is 17.1 Å². The van der Waals surface area contributed by atoms with Gasteiger partial charge in [0.1, 0.15) is 18.1 Å². The van der Waals surface area contributed by atoms with Gasteiger partial charge in [0.25, 0.3) is 11.5 Å². The number of nitrogens with one attached hydrogen (secondary N) is 2. The summed E-state index contributed by atoms with van der Waals surface area (Å²) in [6.45, 7) is 0. The van der Waals surface area contributed by atoms with E-state index in [4.69, 9.17) is 4.74 Å². The van der Waals surface area contributed by atoms with Crippen molar-refractivity contribution in [3.05, 3.63) is 82.9 Å². The molecule has 0 spiro atoms. The molecule has 8 heteroatoms. The maximum absolute atomic E-state index is 14.9. The van der Waals surface area contributed by atoms with E-state index in [0.717, 1.165) is 5.56 Å². The van der Waals surface area contributed by atoms with Crippen LogP contribution in [-0.2, 0) is 16.0 Å². The van der Waals surface area contributed by atoms with E-state index in [1.54, 1.807) is 36.5 Å². The van der Waals surface area contributed by atoms with Gasteiger partial charge in [0, 0.05) is 18.0 Å². The Morgan fingerprint density at radius 3 is 2.90 bits per heavy atom. The zero-order valence-corrected chi connectivity index (χ0v) is 16.2. The number of carbonyl (C=O) groups excluding carboxylic acids is 1. The number of aliphatic imine (C=N–C) groups is 1. The van der Waals surface area contributed by atoms with Crippen LogP contribution in [0.15, 0.2) is 70.9 Å². The fourth-order valence-electron chi connectivity index (χ4n) is 3.40. The highest BCUT2D eigenvalue weighted by Crippen LogP contribution is 2.28. The lowest BCUT2D eigenvalue weighted by Crippen LogP contribution is -2.43. The number of nitriles is 1. The first-order valence-corrected chi connectivity index (χ1v) is 9.50. The number of ether oxygens (including phenoxy) is 1. The number of benzene rings is 2. The van der Waals surface area contributed by atoms with Crippen LogP contribution >= 0.6 is 0 Å². The molecule has 0 saturated heterocycles. The Hall–Kier alpha value is -4.25. The van der Waals surface area contributed by atoms with Crippen molar-refractivity contribution in [2.75, 3.05) is 0 Å². The number of aromatic nitrogens is 1. The summed E-state index contributed by atoms with van der Waals surface area (Å²) < 4.78 is 20.0. The number of hydrogen-bond donors (Lipinski definition) is 2. The minimum absolute atomic E-state index is 0.0107. The SMILES string of the molecule is N#CC(Cc1ccc(-c2cccc3c(=O)[nH]ccc23)cc1F)NC(=O)[C@@H]1C=NC=CO1. The van der Waals surface area contributed by atoms with Gasteiger partial charge in [0.2, 0.25) is 6.10 Å². The van der Waals surface area contributed by atoms with E-state index in [-0.39, 0.29) is 17.5 Å². The lowest BCUT2D eigenvalue weighted by molar-refractivity contribution is -0.126. The Bertz CT molecular complexity index is 1310. The Morgan fingerprint density at radius 1 is 1.29 bits per heavy atom. The van der Waals surface area contributed by atoms with Crippen molar-refractivity contribution in [3.63, 3.8) is 0 Å². The number of aromatic amines is 1. The number of pyridine rings is 1. The van der Waals surface area contributed by atoms with E-state index in [1.807, 2.05) is 12.1 Å². The van der Waals surface area contributed by atoms with Gasteiger partial charge in [-0.05, 0) is 40.3 Å². The summed E-state index contributed by atoms with van der Waals surface area (Å²) in [5.41, 5.74) is 1.40. The second-order valence-electron chi connectivity index (χ2n) is 6.91. The van der Waals surface area contributed by atoms with Crippen LogP contribution in [0.1, 0.15) is 5.56 Å². The van der Waals surface area contributed by atoms with Crippen LogP contribution in [-0.4, -0.2) is 29.3 Å². The molecular formula is C23H17FN4O3. The van der Waals surface area contributed by atoms with Gasteiger partial charge >= 0.3 is 0 Å². The van der Waals surface area contributed by atoms with Gasteiger partial charge in [-0.1, -0.05) is 24.3 Å². The number of halogens is 1. The van der Waals surface area contributed by atoms with Crippen LogP contribution in [0.5, 0.6) is 0 Å². The van der Waals surface area contributed by atoms with Crippen LogP contribution in [0.3, 0.4) is 0 Å². The number of amides is 1. The van der Waals surface area contributed by atoms with Gasteiger partial charge in [-0.25, -0.2) is 4.39 Å². The number of hydrogen-bond acceptors (Lipinski definition) is 5. The standard InChI is InChI=1S/C23H17FN4O3/c24-20-11-14(17-2-1-3-19-18(17)6-7-27-22(19)29)4-5-15(20)10-16(12-25)28-23(30)21-13-26-8-9-31-21/h1-9,11,13,16,21H,10H2,(H,27,29)(H,28,30)/t16?,21-/m0/s1. The molecule has 1 amide bonds. The van der Waals surface area contributed by atoms with Crippen molar-refractivity contribution in [1.29, 1.82) is 5.26 Å². The molecular weight excluding hydrogens is 399 g/mol. The third-order valence-electron chi connectivity index (χ3n) is 4.93. The van der Waals surface area contributed by atoms with E-state index < -0.39 is 23.9 Å². The fraction of sp³-hybridized carbons (Fsp3) is 0.130. The Balaban J connectivity index is 1.55. The van der Waals surface area contributed by atoms with Gasteiger partial charge in [-0.3, -0.25) is 14.6 Å². The molecule has 154 valence electrons. The van der Waals surface area contributed by atoms with Gasteiger partial charge in [0.05, 0.1) is 18.5 Å². The highest BCUT2D eigenvalue weighted by Gasteiger charge is 2.22. The molecule has 2 N–H and O–H groups in total. The Labute approximate surface area is 176 Å². The molecule has 0 saturated carbocycles. The largest absolute Gasteiger partial charge is 0.481 e. The second kappa shape index (κ2) is 8.63.